The van der Waals surface area contributed by atoms with Gasteiger partial charge in [-0.2, -0.15) is 0 Å². The van der Waals surface area contributed by atoms with E-state index in [0.717, 1.165) is 0 Å². The van der Waals surface area contributed by atoms with Crippen molar-refractivity contribution in [1.82, 2.24) is 9.99 Å². The molecule has 0 saturated heterocycles. The predicted molar refractivity (Wildman–Crippen MR) is 96.3 cm³/mol. The van der Waals surface area contributed by atoms with Crippen molar-refractivity contribution in [2.75, 3.05) is 7.11 Å². The van der Waals surface area contributed by atoms with Gasteiger partial charge in [-0.05, 0) is 18.2 Å². The van der Waals surface area contributed by atoms with Crippen molar-refractivity contribution >= 4 is 45.9 Å². The number of aromatic nitrogens is 1. The first kappa shape index (κ1) is 17.3. The van der Waals surface area contributed by atoms with Gasteiger partial charge in [-0.25, -0.2) is 5.84 Å². The standard InChI is InChI=1S/C17H13Cl2N3O3/c1-25-15-11(6-9(18)7-13(15)19)17(24)22-8-12(16(23)21-20)10-4-2-3-5-14(10)22/h2-8H,20H2,1H3,(H,21,23). The van der Waals surface area contributed by atoms with Gasteiger partial charge in [0.15, 0.2) is 0 Å². The molecule has 0 spiro atoms. The first-order valence-electron chi connectivity index (χ1n) is 7.16. The second-order valence-corrected chi connectivity index (χ2v) is 6.02. The maximum atomic E-state index is 13.1. The molecule has 0 fully saturated rings. The highest BCUT2D eigenvalue weighted by molar-refractivity contribution is 6.36. The summed E-state index contributed by atoms with van der Waals surface area (Å²) in [7, 11) is 1.41. The number of carbonyl (C=O) groups excluding carboxylic acids is 2. The summed E-state index contributed by atoms with van der Waals surface area (Å²) in [6.07, 6.45) is 1.42. The lowest BCUT2D eigenvalue weighted by atomic mass is 10.1. The molecule has 25 heavy (non-hydrogen) atoms. The Bertz CT molecular complexity index is 998. The minimum Gasteiger partial charge on any atom is -0.494 e. The lowest BCUT2D eigenvalue weighted by molar-refractivity contribution is 0.0955. The Kier molecular flexibility index (Phi) is 4.67. The number of benzene rings is 2. The van der Waals surface area contributed by atoms with E-state index in [1.54, 1.807) is 24.3 Å². The van der Waals surface area contributed by atoms with E-state index in [2.05, 4.69) is 5.43 Å². The van der Waals surface area contributed by atoms with Crippen molar-refractivity contribution in [1.29, 1.82) is 0 Å². The van der Waals surface area contributed by atoms with Gasteiger partial charge in [-0.1, -0.05) is 41.4 Å². The topological polar surface area (TPSA) is 86.3 Å². The van der Waals surface area contributed by atoms with Crippen LogP contribution in [0.25, 0.3) is 10.9 Å². The number of methoxy groups -OCH3 is 1. The van der Waals surface area contributed by atoms with E-state index in [4.69, 9.17) is 33.8 Å². The molecule has 3 aromatic rings. The lowest BCUT2D eigenvalue weighted by Gasteiger charge is -2.11. The molecular formula is C17H13Cl2N3O3. The molecule has 0 saturated carbocycles. The molecule has 1 heterocycles. The molecule has 0 radical (unpaired) electrons. The molecular weight excluding hydrogens is 365 g/mol. The Morgan fingerprint density at radius 2 is 1.88 bits per heavy atom. The first-order chi connectivity index (χ1) is 12.0. The fraction of sp³-hybridized carbons (Fsp3) is 0.0588. The molecule has 8 heteroatoms. The third kappa shape index (κ3) is 2.95. The first-order valence-corrected chi connectivity index (χ1v) is 7.92. The second-order valence-electron chi connectivity index (χ2n) is 5.18. The van der Waals surface area contributed by atoms with Crippen LogP contribution in [0.2, 0.25) is 10.0 Å². The molecule has 0 atom stereocenters. The minimum absolute atomic E-state index is 0.181. The average Bonchev–Trinajstić information content (AvgIpc) is 2.99. The number of hydrogen-bond donors (Lipinski definition) is 2. The average molecular weight is 378 g/mol. The van der Waals surface area contributed by atoms with Crippen molar-refractivity contribution in [2.24, 2.45) is 5.84 Å². The summed E-state index contributed by atoms with van der Waals surface area (Å²) in [4.78, 5) is 25.1. The van der Waals surface area contributed by atoms with Gasteiger partial charge in [-0.3, -0.25) is 19.6 Å². The van der Waals surface area contributed by atoms with Crippen molar-refractivity contribution < 1.29 is 14.3 Å². The van der Waals surface area contributed by atoms with Gasteiger partial charge in [0, 0.05) is 16.6 Å². The molecule has 6 nitrogen and oxygen atoms in total. The molecule has 0 aliphatic heterocycles. The monoisotopic (exact) mass is 377 g/mol. The molecule has 1 aromatic heterocycles. The zero-order valence-corrected chi connectivity index (χ0v) is 14.6. The number of fused-ring (bicyclic) bond motifs is 1. The summed E-state index contributed by atoms with van der Waals surface area (Å²) >= 11 is 12.1. The summed E-state index contributed by atoms with van der Waals surface area (Å²) in [5.41, 5.74) is 3.08. The third-order valence-electron chi connectivity index (χ3n) is 3.75. The largest absolute Gasteiger partial charge is 0.494 e. The Morgan fingerprint density at radius 3 is 2.56 bits per heavy atom. The molecule has 0 aliphatic carbocycles. The Labute approximate surface area is 153 Å². The number of rotatable bonds is 3. The number of carbonyl (C=O) groups is 2. The predicted octanol–water partition coefficient (Wildman–Crippen LogP) is 3.25. The minimum atomic E-state index is -0.501. The summed E-state index contributed by atoms with van der Waals surface area (Å²) in [6.45, 7) is 0. The number of ether oxygens (including phenoxy) is 1. The van der Waals surface area contributed by atoms with Crippen LogP contribution in [0.5, 0.6) is 5.75 Å². The Balaban J connectivity index is 2.24. The van der Waals surface area contributed by atoms with E-state index >= 15 is 0 Å². The normalized spacial score (nSPS) is 10.7. The molecule has 2 aromatic carbocycles. The van der Waals surface area contributed by atoms with E-state index in [1.807, 2.05) is 0 Å². The number of nitrogens with zero attached hydrogens (tertiary/aromatic N) is 1. The number of amides is 1. The molecule has 0 bridgehead atoms. The third-order valence-corrected chi connectivity index (χ3v) is 4.25. The number of hydrazine groups is 1. The maximum Gasteiger partial charge on any atom is 0.267 e. The van der Waals surface area contributed by atoms with Crippen LogP contribution in [0.15, 0.2) is 42.6 Å². The highest BCUT2D eigenvalue weighted by Crippen LogP contribution is 2.33. The smallest absolute Gasteiger partial charge is 0.267 e. The second kappa shape index (κ2) is 6.76. The van der Waals surface area contributed by atoms with Gasteiger partial charge in [0.1, 0.15) is 5.75 Å². The van der Waals surface area contributed by atoms with Crippen LogP contribution >= 0.6 is 23.2 Å². The molecule has 3 N–H and O–H groups in total. The summed E-state index contributed by atoms with van der Waals surface area (Å²) in [6, 6.07) is 9.93. The van der Waals surface area contributed by atoms with Gasteiger partial charge >= 0.3 is 0 Å². The van der Waals surface area contributed by atoms with E-state index in [9.17, 15) is 9.59 Å². The Morgan fingerprint density at radius 1 is 1.16 bits per heavy atom. The van der Waals surface area contributed by atoms with Crippen LogP contribution in [-0.2, 0) is 0 Å². The molecule has 0 unspecified atom stereocenters. The Hall–Kier alpha value is -2.54. The van der Waals surface area contributed by atoms with E-state index in [0.29, 0.717) is 15.9 Å². The van der Waals surface area contributed by atoms with Crippen LogP contribution in [0.4, 0.5) is 0 Å². The number of hydrogen-bond acceptors (Lipinski definition) is 4. The lowest BCUT2D eigenvalue weighted by Crippen LogP contribution is -2.29. The molecule has 1 amide bonds. The maximum absolute atomic E-state index is 13.1. The SMILES string of the molecule is COc1c(Cl)cc(Cl)cc1C(=O)n1cc(C(=O)NN)c2ccccc21. The van der Waals surface area contributed by atoms with Crippen LogP contribution in [0.1, 0.15) is 20.7 Å². The van der Waals surface area contributed by atoms with Crippen molar-refractivity contribution in [3.8, 4) is 5.75 Å². The quantitative estimate of drug-likeness (QED) is 0.416. The van der Waals surface area contributed by atoms with Crippen LogP contribution in [-0.4, -0.2) is 23.5 Å². The van der Waals surface area contributed by atoms with Gasteiger partial charge in [0.05, 0.1) is 28.8 Å². The van der Waals surface area contributed by atoms with Crippen LogP contribution in [0, 0.1) is 0 Å². The number of nitrogens with one attached hydrogen (secondary N) is 1. The highest BCUT2D eigenvalue weighted by atomic mass is 35.5. The number of para-hydroxylation sites is 1. The van der Waals surface area contributed by atoms with E-state index in [-0.39, 0.29) is 21.9 Å². The zero-order chi connectivity index (χ0) is 18.1. The zero-order valence-electron chi connectivity index (χ0n) is 13.0. The van der Waals surface area contributed by atoms with Gasteiger partial charge in [0.25, 0.3) is 11.8 Å². The van der Waals surface area contributed by atoms with Crippen LogP contribution < -0.4 is 16.0 Å². The molecule has 0 aliphatic rings. The van der Waals surface area contributed by atoms with Gasteiger partial charge < -0.3 is 4.74 Å². The van der Waals surface area contributed by atoms with Gasteiger partial charge in [-0.15, -0.1) is 0 Å². The number of halogens is 2. The van der Waals surface area contributed by atoms with Crippen molar-refractivity contribution in [2.45, 2.75) is 0 Å². The molecule has 3 rings (SSSR count). The van der Waals surface area contributed by atoms with Crippen molar-refractivity contribution in [3.05, 3.63) is 63.8 Å². The van der Waals surface area contributed by atoms with E-state index in [1.165, 1.54) is 30.0 Å². The molecule has 128 valence electrons. The van der Waals surface area contributed by atoms with Crippen LogP contribution in [0.3, 0.4) is 0 Å². The summed E-state index contributed by atoms with van der Waals surface area (Å²) in [5.74, 6) is 4.50. The van der Waals surface area contributed by atoms with Crippen molar-refractivity contribution in [3.63, 3.8) is 0 Å². The fourth-order valence-electron chi connectivity index (χ4n) is 2.66. The van der Waals surface area contributed by atoms with Gasteiger partial charge in [0.2, 0.25) is 0 Å². The number of nitrogen functional groups attached to an aromatic ring is 1. The summed E-state index contributed by atoms with van der Waals surface area (Å²) in [5, 5.41) is 1.10. The van der Waals surface area contributed by atoms with E-state index < -0.39 is 11.8 Å². The fourth-order valence-corrected chi connectivity index (χ4v) is 3.23. The highest BCUT2D eigenvalue weighted by Gasteiger charge is 2.22. The number of nitrogens with two attached hydrogens (primary N) is 1. The summed E-state index contributed by atoms with van der Waals surface area (Å²) < 4.78 is 6.57.